The number of aryl methyl sites for hydroxylation is 2. The molecule has 0 spiro atoms. The number of hydrogen-bond acceptors (Lipinski definition) is 3. The standard InChI is InChI=1S/C12H24N4/c1-4-11-9-12(16(5-2)15-11)10-14-8-6-7-13-3/h9,13-14H,4-8,10H2,1-3H3. The van der Waals surface area contributed by atoms with E-state index in [0.717, 1.165) is 39.0 Å². The van der Waals surface area contributed by atoms with E-state index in [4.69, 9.17) is 0 Å². The summed E-state index contributed by atoms with van der Waals surface area (Å²) in [5, 5.41) is 11.1. The van der Waals surface area contributed by atoms with Gasteiger partial charge in [-0.1, -0.05) is 6.92 Å². The second-order valence-corrected chi connectivity index (χ2v) is 3.93. The average molecular weight is 224 g/mol. The van der Waals surface area contributed by atoms with Crippen molar-refractivity contribution in [1.29, 1.82) is 0 Å². The van der Waals surface area contributed by atoms with Crippen LogP contribution in [-0.2, 0) is 19.5 Å². The third-order valence-corrected chi connectivity index (χ3v) is 2.66. The van der Waals surface area contributed by atoms with Gasteiger partial charge >= 0.3 is 0 Å². The fourth-order valence-electron chi connectivity index (χ4n) is 1.71. The molecular formula is C12H24N4. The quantitative estimate of drug-likeness (QED) is 0.651. The average Bonchev–Trinajstić information content (AvgIpc) is 2.71. The van der Waals surface area contributed by atoms with Crippen molar-refractivity contribution in [1.82, 2.24) is 20.4 Å². The maximum Gasteiger partial charge on any atom is 0.0625 e. The van der Waals surface area contributed by atoms with Crippen LogP contribution in [0, 0.1) is 0 Å². The molecule has 1 heterocycles. The molecule has 16 heavy (non-hydrogen) atoms. The van der Waals surface area contributed by atoms with Crippen LogP contribution in [0.25, 0.3) is 0 Å². The zero-order chi connectivity index (χ0) is 11.8. The lowest BCUT2D eigenvalue weighted by Gasteiger charge is -2.06. The van der Waals surface area contributed by atoms with Crippen molar-refractivity contribution in [3.8, 4) is 0 Å². The van der Waals surface area contributed by atoms with E-state index in [9.17, 15) is 0 Å². The minimum atomic E-state index is 0.921. The highest BCUT2D eigenvalue weighted by Crippen LogP contribution is 2.05. The van der Waals surface area contributed by atoms with E-state index in [1.807, 2.05) is 7.05 Å². The molecular weight excluding hydrogens is 200 g/mol. The summed E-state index contributed by atoms with van der Waals surface area (Å²) in [7, 11) is 1.99. The maximum atomic E-state index is 4.53. The molecule has 0 amide bonds. The molecule has 4 heteroatoms. The van der Waals surface area contributed by atoms with Gasteiger partial charge in [-0.25, -0.2) is 0 Å². The molecule has 0 bridgehead atoms. The zero-order valence-corrected chi connectivity index (χ0v) is 10.7. The Labute approximate surface area is 98.4 Å². The summed E-state index contributed by atoms with van der Waals surface area (Å²) in [6.45, 7) is 8.28. The summed E-state index contributed by atoms with van der Waals surface area (Å²) in [4.78, 5) is 0. The number of aromatic nitrogens is 2. The fourth-order valence-corrected chi connectivity index (χ4v) is 1.71. The van der Waals surface area contributed by atoms with Crippen LogP contribution in [0.4, 0.5) is 0 Å². The highest BCUT2D eigenvalue weighted by molar-refractivity contribution is 5.10. The highest BCUT2D eigenvalue weighted by atomic mass is 15.3. The first-order valence-corrected chi connectivity index (χ1v) is 6.22. The molecule has 0 aliphatic rings. The van der Waals surface area contributed by atoms with E-state index >= 15 is 0 Å². The van der Waals surface area contributed by atoms with E-state index < -0.39 is 0 Å². The van der Waals surface area contributed by atoms with Crippen molar-refractivity contribution >= 4 is 0 Å². The molecule has 1 aromatic rings. The van der Waals surface area contributed by atoms with Crippen LogP contribution in [0.2, 0.25) is 0 Å². The summed E-state index contributed by atoms with van der Waals surface area (Å²) in [6, 6.07) is 2.20. The highest BCUT2D eigenvalue weighted by Gasteiger charge is 2.04. The maximum absolute atomic E-state index is 4.53. The second-order valence-electron chi connectivity index (χ2n) is 3.93. The van der Waals surface area contributed by atoms with Gasteiger partial charge in [0.05, 0.1) is 11.4 Å². The van der Waals surface area contributed by atoms with Crippen molar-refractivity contribution in [3.05, 3.63) is 17.5 Å². The molecule has 0 atom stereocenters. The Kier molecular flexibility index (Phi) is 6.11. The van der Waals surface area contributed by atoms with Gasteiger partial charge < -0.3 is 10.6 Å². The summed E-state index contributed by atoms with van der Waals surface area (Å²) < 4.78 is 2.09. The van der Waals surface area contributed by atoms with Crippen LogP contribution >= 0.6 is 0 Å². The summed E-state index contributed by atoms with van der Waals surface area (Å²) in [6.07, 6.45) is 2.18. The lowest BCUT2D eigenvalue weighted by Crippen LogP contribution is -2.21. The van der Waals surface area contributed by atoms with E-state index in [0.29, 0.717) is 0 Å². The van der Waals surface area contributed by atoms with Gasteiger partial charge in [-0.2, -0.15) is 5.10 Å². The summed E-state index contributed by atoms with van der Waals surface area (Å²) >= 11 is 0. The Balaban J connectivity index is 2.37. The van der Waals surface area contributed by atoms with E-state index in [2.05, 4.69) is 40.3 Å². The Morgan fingerprint density at radius 2 is 2.12 bits per heavy atom. The van der Waals surface area contributed by atoms with Crippen LogP contribution in [0.15, 0.2) is 6.07 Å². The van der Waals surface area contributed by atoms with Gasteiger partial charge in [-0.15, -0.1) is 0 Å². The van der Waals surface area contributed by atoms with Gasteiger partial charge in [0.25, 0.3) is 0 Å². The van der Waals surface area contributed by atoms with Crippen molar-refractivity contribution < 1.29 is 0 Å². The van der Waals surface area contributed by atoms with Gasteiger partial charge in [0.15, 0.2) is 0 Å². The Bertz CT molecular complexity index is 293. The summed E-state index contributed by atoms with van der Waals surface area (Å²) in [5.41, 5.74) is 2.48. The fraction of sp³-hybridized carbons (Fsp3) is 0.750. The lowest BCUT2D eigenvalue weighted by molar-refractivity contribution is 0.565. The van der Waals surface area contributed by atoms with E-state index in [1.54, 1.807) is 0 Å². The van der Waals surface area contributed by atoms with Crippen molar-refractivity contribution in [2.24, 2.45) is 0 Å². The Morgan fingerprint density at radius 3 is 2.75 bits per heavy atom. The minimum Gasteiger partial charge on any atom is -0.320 e. The van der Waals surface area contributed by atoms with Crippen LogP contribution in [0.1, 0.15) is 31.7 Å². The molecule has 0 aliphatic heterocycles. The molecule has 92 valence electrons. The first kappa shape index (κ1) is 13.2. The molecule has 1 rings (SSSR count). The first-order valence-electron chi connectivity index (χ1n) is 6.22. The van der Waals surface area contributed by atoms with Gasteiger partial charge in [0.2, 0.25) is 0 Å². The number of nitrogens with zero attached hydrogens (tertiary/aromatic N) is 2. The lowest BCUT2D eigenvalue weighted by atomic mass is 10.3. The van der Waals surface area contributed by atoms with Crippen LogP contribution in [0.5, 0.6) is 0 Å². The topological polar surface area (TPSA) is 41.9 Å². The third-order valence-electron chi connectivity index (χ3n) is 2.66. The van der Waals surface area contributed by atoms with Crippen LogP contribution < -0.4 is 10.6 Å². The number of nitrogens with one attached hydrogen (secondary N) is 2. The predicted molar refractivity (Wildman–Crippen MR) is 67.5 cm³/mol. The van der Waals surface area contributed by atoms with Gasteiger partial charge in [-0.3, -0.25) is 4.68 Å². The van der Waals surface area contributed by atoms with E-state index in [-0.39, 0.29) is 0 Å². The van der Waals surface area contributed by atoms with Crippen molar-refractivity contribution in [2.45, 2.75) is 39.8 Å². The molecule has 0 aromatic carbocycles. The molecule has 4 nitrogen and oxygen atoms in total. The minimum absolute atomic E-state index is 0.921. The first-order chi connectivity index (χ1) is 7.81. The number of rotatable bonds is 8. The smallest absolute Gasteiger partial charge is 0.0625 e. The van der Waals surface area contributed by atoms with Crippen LogP contribution in [-0.4, -0.2) is 29.9 Å². The Morgan fingerprint density at radius 1 is 1.31 bits per heavy atom. The molecule has 0 aliphatic carbocycles. The van der Waals surface area contributed by atoms with E-state index in [1.165, 1.54) is 11.4 Å². The number of hydrogen-bond donors (Lipinski definition) is 2. The third kappa shape index (κ3) is 3.94. The predicted octanol–water partition coefficient (Wildman–Crippen LogP) is 1.16. The normalized spacial score (nSPS) is 10.9. The summed E-state index contributed by atoms with van der Waals surface area (Å²) in [5.74, 6) is 0. The zero-order valence-electron chi connectivity index (χ0n) is 10.7. The molecule has 0 saturated heterocycles. The largest absolute Gasteiger partial charge is 0.320 e. The monoisotopic (exact) mass is 224 g/mol. The second kappa shape index (κ2) is 7.41. The molecule has 0 saturated carbocycles. The molecule has 0 unspecified atom stereocenters. The molecule has 0 fully saturated rings. The van der Waals surface area contributed by atoms with Gasteiger partial charge in [0.1, 0.15) is 0 Å². The molecule has 0 radical (unpaired) electrons. The Hall–Kier alpha value is -0.870. The molecule has 1 aromatic heterocycles. The van der Waals surface area contributed by atoms with Gasteiger partial charge in [0, 0.05) is 13.1 Å². The SMILES string of the molecule is CCc1cc(CNCCCNC)n(CC)n1. The van der Waals surface area contributed by atoms with Crippen molar-refractivity contribution in [2.75, 3.05) is 20.1 Å². The van der Waals surface area contributed by atoms with Gasteiger partial charge in [-0.05, 0) is 46.0 Å². The van der Waals surface area contributed by atoms with Crippen molar-refractivity contribution in [3.63, 3.8) is 0 Å². The molecule has 2 N–H and O–H groups in total. The van der Waals surface area contributed by atoms with Crippen LogP contribution in [0.3, 0.4) is 0 Å².